The van der Waals surface area contributed by atoms with Crippen molar-refractivity contribution in [2.24, 2.45) is 5.73 Å². The summed E-state index contributed by atoms with van der Waals surface area (Å²) in [7, 11) is -2.11. The number of methoxy groups -OCH3 is 1. The molecule has 0 aliphatic rings. The van der Waals surface area contributed by atoms with Crippen molar-refractivity contribution in [2.75, 3.05) is 20.2 Å². The number of nitrogens with zero attached hydrogens (tertiary/aromatic N) is 1. The molecule has 0 bridgehead atoms. The van der Waals surface area contributed by atoms with Crippen molar-refractivity contribution >= 4 is 26.0 Å². The Morgan fingerprint density at radius 3 is 2.43 bits per heavy atom. The zero-order valence-electron chi connectivity index (χ0n) is 12.8. The summed E-state index contributed by atoms with van der Waals surface area (Å²) >= 11 is 3.32. The van der Waals surface area contributed by atoms with Gasteiger partial charge in [-0.05, 0) is 39.7 Å². The number of sulfonamides is 1. The van der Waals surface area contributed by atoms with E-state index in [1.54, 1.807) is 12.1 Å². The highest BCUT2D eigenvalue weighted by Gasteiger charge is 2.24. The van der Waals surface area contributed by atoms with Gasteiger partial charge in [0.05, 0.1) is 16.5 Å². The SMILES string of the molecule is COc1ccc(S(=O)(=O)N(CCN)Cc2ccccc2)cc1Br. The van der Waals surface area contributed by atoms with E-state index in [2.05, 4.69) is 15.9 Å². The summed E-state index contributed by atoms with van der Waals surface area (Å²) in [4.78, 5) is 0.203. The van der Waals surface area contributed by atoms with Crippen molar-refractivity contribution in [3.05, 3.63) is 58.6 Å². The van der Waals surface area contributed by atoms with Gasteiger partial charge in [-0.25, -0.2) is 8.42 Å². The summed E-state index contributed by atoms with van der Waals surface area (Å²) < 4.78 is 32.9. The van der Waals surface area contributed by atoms with E-state index >= 15 is 0 Å². The molecule has 2 aromatic carbocycles. The monoisotopic (exact) mass is 398 g/mol. The van der Waals surface area contributed by atoms with Crippen molar-refractivity contribution in [2.45, 2.75) is 11.4 Å². The highest BCUT2D eigenvalue weighted by atomic mass is 79.9. The van der Waals surface area contributed by atoms with Gasteiger partial charge in [-0.3, -0.25) is 0 Å². The molecule has 0 amide bonds. The lowest BCUT2D eigenvalue weighted by molar-refractivity contribution is 0.409. The van der Waals surface area contributed by atoms with Gasteiger partial charge in [0.2, 0.25) is 10.0 Å². The summed E-state index contributed by atoms with van der Waals surface area (Å²) in [6.07, 6.45) is 0. The van der Waals surface area contributed by atoms with Gasteiger partial charge >= 0.3 is 0 Å². The maximum atomic E-state index is 12.9. The van der Waals surface area contributed by atoms with Crippen molar-refractivity contribution in [1.82, 2.24) is 4.31 Å². The van der Waals surface area contributed by atoms with E-state index in [9.17, 15) is 8.42 Å². The molecule has 0 heterocycles. The Morgan fingerprint density at radius 1 is 1.17 bits per heavy atom. The van der Waals surface area contributed by atoms with E-state index in [0.717, 1.165) is 5.56 Å². The molecule has 7 heteroatoms. The molecular weight excluding hydrogens is 380 g/mol. The molecule has 2 rings (SSSR count). The van der Waals surface area contributed by atoms with E-state index in [4.69, 9.17) is 10.5 Å². The fourth-order valence-corrected chi connectivity index (χ4v) is 4.33. The quantitative estimate of drug-likeness (QED) is 0.777. The Labute approximate surface area is 145 Å². The van der Waals surface area contributed by atoms with Crippen LogP contribution in [0.15, 0.2) is 57.9 Å². The van der Waals surface area contributed by atoms with Crippen LogP contribution in [-0.2, 0) is 16.6 Å². The zero-order chi connectivity index (χ0) is 16.9. The summed E-state index contributed by atoms with van der Waals surface area (Å²) in [6.45, 7) is 0.786. The van der Waals surface area contributed by atoms with Crippen LogP contribution in [0.25, 0.3) is 0 Å². The predicted molar refractivity (Wildman–Crippen MR) is 93.8 cm³/mol. The Bertz CT molecular complexity index is 751. The fourth-order valence-electron chi connectivity index (χ4n) is 2.17. The van der Waals surface area contributed by atoms with Gasteiger partial charge in [-0.1, -0.05) is 30.3 Å². The van der Waals surface area contributed by atoms with Gasteiger partial charge in [-0.2, -0.15) is 4.31 Å². The largest absolute Gasteiger partial charge is 0.496 e. The van der Waals surface area contributed by atoms with Crippen LogP contribution in [-0.4, -0.2) is 32.9 Å². The van der Waals surface area contributed by atoms with Gasteiger partial charge in [0.1, 0.15) is 5.75 Å². The molecule has 0 aliphatic carbocycles. The summed E-state index contributed by atoms with van der Waals surface area (Å²) in [5.74, 6) is 0.581. The van der Waals surface area contributed by atoms with Crippen LogP contribution < -0.4 is 10.5 Å². The number of halogens is 1. The van der Waals surface area contributed by atoms with Crippen LogP contribution >= 0.6 is 15.9 Å². The molecule has 0 saturated heterocycles. The van der Waals surface area contributed by atoms with E-state index < -0.39 is 10.0 Å². The van der Waals surface area contributed by atoms with Gasteiger partial charge < -0.3 is 10.5 Å². The molecule has 0 saturated carbocycles. The first-order chi connectivity index (χ1) is 11.0. The fraction of sp³-hybridized carbons (Fsp3) is 0.250. The topological polar surface area (TPSA) is 72.6 Å². The molecule has 23 heavy (non-hydrogen) atoms. The smallest absolute Gasteiger partial charge is 0.243 e. The van der Waals surface area contributed by atoms with Gasteiger partial charge in [0.15, 0.2) is 0 Å². The van der Waals surface area contributed by atoms with Crippen LogP contribution in [0.4, 0.5) is 0 Å². The van der Waals surface area contributed by atoms with Crippen molar-refractivity contribution < 1.29 is 13.2 Å². The van der Waals surface area contributed by atoms with E-state index in [1.165, 1.54) is 17.5 Å². The zero-order valence-corrected chi connectivity index (χ0v) is 15.2. The maximum Gasteiger partial charge on any atom is 0.243 e. The Balaban J connectivity index is 2.34. The summed E-state index contributed by atoms with van der Waals surface area (Å²) in [5.41, 5.74) is 6.51. The van der Waals surface area contributed by atoms with Crippen molar-refractivity contribution in [3.63, 3.8) is 0 Å². The van der Waals surface area contributed by atoms with Crippen LogP contribution in [0.3, 0.4) is 0 Å². The molecule has 5 nitrogen and oxygen atoms in total. The lowest BCUT2D eigenvalue weighted by Crippen LogP contribution is -2.34. The normalized spacial score (nSPS) is 11.7. The average Bonchev–Trinajstić information content (AvgIpc) is 2.55. The Hall–Kier alpha value is -1.41. The average molecular weight is 399 g/mol. The minimum Gasteiger partial charge on any atom is -0.496 e. The molecule has 0 aromatic heterocycles. The maximum absolute atomic E-state index is 12.9. The molecule has 0 unspecified atom stereocenters. The third-order valence-corrected chi connectivity index (χ3v) is 5.80. The lowest BCUT2D eigenvalue weighted by Gasteiger charge is -2.22. The van der Waals surface area contributed by atoms with Gasteiger partial charge in [-0.15, -0.1) is 0 Å². The molecule has 2 N–H and O–H groups in total. The molecule has 0 atom stereocenters. The minimum atomic E-state index is -3.64. The third kappa shape index (κ3) is 4.32. The molecule has 0 radical (unpaired) electrons. The van der Waals surface area contributed by atoms with Crippen molar-refractivity contribution in [3.8, 4) is 5.75 Å². The van der Waals surface area contributed by atoms with Crippen LogP contribution in [0.5, 0.6) is 5.75 Å². The first-order valence-corrected chi connectivity index (χ1v) is 9.30. The minimum absolute atomic E-state index is 0.203. The Morgan fingerprint density at radius 2 is 1.87 bits per heavy atom. The second-order valence-corrected chi connectivity index (χ2v) is 7.70. The van der Waals surface area contributed by atoms with Gasteiger partial charge in [0, 0.05) is 19.6 Å². The standard InChI is InChI=1S/C16H19BrN2O3S/c1-22-16-8-7-14(11-15(16)17)23(20,21)19(10-9-18)12-13-5-3-2-4-6-13/h2-8,11H,9-10,12,18H2,1H3. The number of nitrogens with two attached hydrogens (primary N) is 1. The molecule has 0 aliphatic heterocycles. The predicted octanol–water partition coefficient (Wildman–Crippen LogP) is 2.61. The van der Waals surface area contributed by atoms with E-state index in [1.807, 2.05) is 30.3 Å². The molecule has 2 aromatic rings. The molecular formula is C16H19BrN2O3S. The first-order valence-electron chi connectivity index (χ1n) is 7.06. The van der Waals surface area contributed by atoms with Crippen LogP contribution in [0.1, 0.15) is 5.56 Å². The lowest BCUT2D eigenvalue weighted by atomic mass is 10.2. The highest BCUT2D eigenvalue weighted by Crippen LogP contribution is 2.29. The number of ether oxygens (including phenoxy) is 1. The van der Waals surface area contributed by atoms with Gasteiger partial charge in [0.25, 0.3) is 0 Å². The number of hydrogen-bond acceptors (Lipinski definition) is 4. The molecule has 0 fully saturated rings. The summed E-state index contributed by atoms with van der Waals surface area (Å²) in [6, 6.07) is 14.1. The first kappa shape index (κ1) is 17.9. The van der Waals surface area contributed by atoms with E-state index in [0.29, 0.717) is 10.2 Å². The van der Waals surface area contributed by atoms with Crippen molar-refractivity contribution in [1.29, 1.82) is 0 Å². The summed E-state index contributed by atoms with van der Waals surface area (Å²) in [5, 5.41) is 0. The second-order valence-electron chi connectivity index (χ2n) is 4.91. The van der Waals surface area contributed by atoms with E-state index in [-0.39, 0.29) is 24.5 Å². The van der Waals surface area contributed by atoms with Crippen LogP contribution in [0.2, 0.25) is 0 Å². The number of rotatable bonds is 7. The van der Waals surface area contributed by atoms with Crippen LogP contribution in [0, 0.1) is 0 Å². The highest BCUT2D eigenvalue weighted by molar-refractivity contribution is 9.10. The second kappa shape index (κ2) is 7.92. The molecule has 0 spiro atoms. The third-order valence-electron chi connectivity index (χ3n) is 3.34. The number of hydrogen-bond donors (Lipinski definition) is 1. The Kier molecular flexibility index (Phi) is 6.17. The molecule has 124 valence electrons. The number of benzene rings is 2.